The average Bonchev–Trinajstić information content (AvgIpc) is 2.76. The Morgan fingerprint density at radius 2 is 1.70 bits per heavy atom. The van der Waals surface area contributed by atoms with E-state index in [1.165, 1.54) is 44.6 Å². The number of halogens is 2. The maximum absolute atomic E-state index is 14.4. The van der Waals surface area contributed by atoms with Crippen molar-refractivity contribution < 1.29 is 27.1 Å². The van der Waals surface area contributed by atoms with Crippen molar-refractivity contribution in [3.63, 3.8) is 0 Å². The van der Waals surface area contributed by atoms with Gasteiger partial charge in [-0.2, -0.15) is 0 Å². The van der Waals surface area contributed by atoms with Crippen LogP contribution in [-0.4, -0.2) is 34.8 Å². The fourth-order valence-electron chi connectivity index (χ4n) is 3.18. The number of nitrogens with zero attached hydrogens (tertiary/aromatic N) is 1. The lowest BCUT2D eigenvalue weighted by atomic mass is 10.1. The first-order valence-corrected chi connectivity index (χ1v) is 12.3. The van der Waals surface area contributed by atoms with Gasteiger partial charge in [0, 0.05) is 21.8 Å². The lowest BCUT2D eigenvalue weighted by Crippen LogP contribution is -2.32. The van der Waals surface area contributed by atoms with Crippen LogP contribution < -0.4 is 19.1 Å². The van der Waals surface area contributed by atoms with E-state index in [2.05, 4.69) is 21.2 Å². The summed E-state index contributed by atoms with van der Waals surface area (Å²) in [6, 6.07) is 15.6. The van der Waals surface area contributed by atoms with Gasteiger partial charge < -0.3 is 14.8 Å². The Morgan fingerprint density at radius 1 is 1.03 bits per heavy atom. The van der Waals surface area contributed by atoms with Crippen LogP contribution in [-0.2, 0) is 16.6 Å². The molecule has 0 aliphatic carbocycles. The average molecular weight is 537 g/mol. The van der Waals surface area contributed by atoms with E-state index in [1.54, 1.807) is 30.3 Å². The predicted molar refractivity (Wildman–Crippen MR) is 129 cm³/mol. The van der Waals surface area contributed by atoms with E-state index in [0.717, 1.165) is 15.0 Å². The third-order valence-corrected chi connectivity index (χ3v) is 6.39. The lowest BCUT2D eigenvalue weighted by molar-refractivity contribution is 0.102. The van der Waals surface area contributed by atoms with Crippen LogP contribution in [0.2, 0.25) is 0 Å². The minimum absolute atomic E-state index is 0.00869. The Kier molecular flexibility index (Phi) is 7.60. The molecule has 0 saturated carbocycles. The van der Waals surface area contributed by atoms with Crippen LogP contribution in [0.1, 0.15) is 15.9 Å². The van der Waals surface area contributed by atoms with E-state index in [-0.39, 0.29) is 34.9 Å². The number of hydrogen-bond donors (Lipinski definition) is 1. The maximum Gasteiger partial charge on any atom is 0.257 e. The van der Waals surface area contributed by atoms with Crippen LogP contribution >= 0.6 is 15.9 Å². The molecule has 0 saturated heterocycles. The number of nitrogens with one attached hydrogen (secondary N) is 1. The molecule has 1 N–H and O–H groups in total. The highest BCUT2D eigenvalue weighted by molar-refractivity contribution is 9.10. The largest absolute Gasteiger partial charge is 0.493 e. The van der Waals surface area contributed by atoms with Gasteiger partial charge in [0.25, 0.3) is 5.91 Å². The second-order valence-corrected chi connectivity index (χ2v) is 9.87. The van der Waals surface area contributed by atoms with Gasteiger partial charge in [-0.3, -0.25) is 9.10 Å². The third-order valence-electron chi connectivity index (χ3n) is 4.77. The molecule has 0 radical (unpaired) electrons. The lowest BCUT2D eigenvalue weighted by Gasteiger charge is -2.26. The number of rotatable bonds is 8. The molecule has 0 aliphatic heterocycles. The highest BCUT2D eigenvalue weighted by Crippen LogP contribution is 2.37. The fraction of sp³-hybridized carbons (Fsp3) is 0.174. The Morgan fingerprint density at radius 3 is 2.30 bits per heavy atom. The molecular formula is C23H22BrFN2O5S. The first kappa shape index (κ1) is 24.5. The number of methoxy groups -OCH3 is 2. The highest BCUT2D eigenvalue weighted by atomic mass is 79.9. The molecule has 10 heteroatoms. The van der Waals surface area contributed by atoms with E-state index < -0.39 is 21.7 Å². The Labute approximate surface area is 200 Å². The van der Waals surface area contributed by atoms with Crippen molar-refractivity contribution in [2.24, 2.45) is 0 Å². The van der Waals surface area contributed by atoms with Gasteiger partial charge in [-0.05, 0) is 30.3 Å². The number of carbonyl (C=O) groups is 1. The van der Waals surface area contributed by atoms with E-state index >= 15 is 0 Å². The van der Waals surface area contributed by atoms with Gasteiger partial charge in [-0.1, -0.05) is 40.2 Å². The number of anilines is 2. The summed E-state index contributed by atoms with van der Waals surface area (Å²) in [5.74, 6) is -0.688. The molecule has 0 aliphatic rings. The summed E-state index contributed by atoms with van der Waals surface area (Å²) in [5.41, 5.74) is 0.673. The van der Waals surface area contributed by atoms with E-state index in [4.69, 9.17) is 9.47 Å². The SMILES string of the molecule is COc1cc(C(=O)Nc2cccc(Br)c2)c(N(Cc2ccccc2F)S(C)(=O)=O)cc1OC. The van der Waals surface area contributed by atoms with Gasteiger partial charge in [-0.15, -0.1) is 0 Å². The van der Waals surface area contributed by atoms with Gasteiger partial charge in [0.15, 0.2) is 11.5 Å². The molecule has 33 heavy (non-hydrogen) atoms. The number of sulfonamides is 1. The van der Waals surface area contributed by atoms with Crippen molar-refractivity contribution in [1.29, 1.82) is 0 Å². The highest BCUT2D eigenvalue weighted by Gasteiger charge is 2.27. The Hall–Kier alpha value is -3.11. The summed E-state index contributed by atoms with van der Waals surface area (Å²) in [6.45, 7) is -0.321. The van der Waals surface area contributed by atoms with Crippen molar-refractivity contribution in [2.75, 3.05) is 30.1 Å². The van der Waals surface area contributed by atoms with Crippen molar-refractivity contribution in [3.05, 3.63) is 82.1 Å². The summed E-state index contributed by atoms with van der Waals surface area (Å²) in [5, 5.41) is 2.75. The van der Waals surface area contributed by atoms with Crippen LogP contribution in [0, 0.1) is 5.82 Å². The number of amides is 1. The van der Waals surface area contributed by atoms with Crippen LogP contribution in [0.5, 0.6) is 11.5 Å². The Balaban J connectivity index is 2.16. The zero-order chi connectivity index (χ0) is 24.2. The zero-order valence-electron chi connectivity index (χ0n) is 18.1. The van der Waals surface area contributed by atoms with Crippen molar-refractivity contribution in [2.45, 2.75) is 6.54 Å². The van der Waals surface area contributed by atoms with Gasteiger partial charge >= 0.3 is 0 Å². The summed E-state index contributed by atoms with van der Waals surface area (Å²) in [6.07, 6.45) is 0.987. The number of ether oxygens (including phenoxy) is 2. The molecule has 3 aromatic rings. The molecule has 0 spiro atoms. The number of carbonyl (C=O) groups excluding carboxylic acids is 1. The quantitative estimate of drug-likeness (QED) is 0.446. The molecule has 0 unspecified atom stereocenters. The van der Waals surface area contributed by atoms with Gasteiger partial charge in [-0.25, -0.2) is 12.8 Å². The minimum Gasteiger partial charge on any atom is -0.493 e. The molecule has 7 nitrogen and oxygen atoms in total. The molecule has 3 rings (SSSR count). The molecule has 3 aromatic carbocycles. The number of benzene rings is 3. The number of hydrogen-bond acceptors (Lipinski definition) is 5. The van der Waals surface area contributed by atoms with Crippen LogP contribution in [0.3, 0.4) is 0 Å². The van der Waals surface area contributed by atoms with Gasteiger partial charge in [0.05, 0.1) is 38.3 Å². The first-order chi connectivity index (χ1) is 15.6. The molecule has 0 fully saturated rings. The molecule has 0 bridgehead atoms. The summed E-state index contributed by atoms with van der Waals surface area (Å²) in [4.78, 5) is 13.2. The van der Waals surface area contributed by atoms with Crippen LogP contribution in [0.15, 0.2) is 65.1 Å². The van der Waals surface area contributed by atoms with Crippen LogP contribution in [0.25, 0.3) is 0 Å². The van der Waals surface area contributed by atoms with E-state index in [0.29, 0.717) is 5.69 Å². The van der Waals surface area contributed by atoms with Gasteiger partial charge in [0.2, 0.25) is 10.0 Å². The van der Waals surface area contributed by atoms with Crippen LogP contribution in [0.4, 0.5) is 15.8 Å². The zero-order valence-corrected chi connectivity index (χ0v) is 20.5. The maximum atomic E-state index is 14.4. The van der Waals surface area contributed by atoms with Gasteiger partial charge in [0.1, 0.15) is 5.82 Å². The second-order valence-electron chi connectivity index (χ2n) is 7.05. The molecule has 1 amide bonds. The normalized spacial score (nSPS) is 11.1. The van der Waals surface area contributed by atoms with Crippen molar-refractivity contribution >= 4 is 43.2 Å². The monoisotopic (exact) mass is 536 g/mol. The molecular weight excluding hydrogens is 515 g/mol. The molecule has 174 valence electrons. The summed E-state index contributed by atoms with van der Waals surface area (Å²) < 4.78 is 52.3. The fourth-order valence-corrected chi connectivity index (χ4v) is 4.46. The Bertz CT molecular complexity index is 1280. The summed E-state index contributed by atoms with van der Waals surface area (Å²) in [7, 11) is -1.13. The van der Waals surface area contributed by atoms with E-state index in [9.17, 15) is 17.6 Å². The predicted octanol–water partition coefficient (Wildman–Crippen LogP) is 4.82. The summed E-state index contributed by atoms with van der Waals surface area (Å²) >= 11 is 3.35. The second kappa shape index (κ2) is 10.2. The van der Waals surface area contributed by atoms with Crippen molar-refractivity contribution in [3.8, 4) is 11.5 Å². The minimum atomic E-state index is -3.93. The first-order valence-electron chi connectivity index (χ1n) is 9.68. The smallest absolute Gasteiger partial charge is 0.257 e. The molecule has 0 aromatic heterocycles. The standard InChI is InChI=1S/C23H22BrFN2O5S/c1-31-21-12-18(23(28)26-17-9-6-8-16(24)11-17)20(13-22(21)32-2)27(33(3,29)30)14-15-7-4-5-10-19(15)25/h4-13H,14H2,1-3H3,(H,26,28). The van der Waals surface area contributed by atoms with Crippen molar-refractivity contribution in [1.82, 2.24) is 0 Å². The topological polar surface area (TPSA) is 84.9 Å². The third kappa shape index (κ3) is 5.82. The molecule has 0 atom stereocenters. The van der Waals surface area contributed by atoms with E-state index in [1.807, 2.05) is 0 Å². The molecule has 0 heterocycles.